The summed E-state index contributed by atoms with van der Waals surface area (Å²) in [5.74, 6) is 0. The Kier molecular flexibility index (Phi) is 3.83. The first-order valence-electron chi connectivity index (χ1n) is 4.88. The summed E-state index contributed by atoms with van der Waals surface area (Å²) in [6.07, 6.45) is 1.73. The van der Waals surface area contributed by atoms with Crippen LogP contribution in [-0.2, 0) is 13.1 Å². The Balaban J connectivity index is 1.90. The summed E-state index contributed by atoms with van der Waals surface area (Å²) in [6.45, 7) is 1.44. The summed E-state index contributed by atoms with van der Waals surface area (Å²) >= 11 is 11.9. The third-order valence-corrected chi connectivity index (χ3v) is 2.79. The molecular weight excluding hydrogens is 245 g/mol. The minimum atomic E-state index is 0.655. The molecule has 2 aromatic rings. The van der Waals surface area contributed by atoms with Crippen molar-refractivity contribution in [1.82, 2.24) is 15.5 Å². The average molecular weight is 256 g/mol. The Labute approximate surface area is 104 Å². The van der Waals surface area contributed by atoms with E-state index in [4.69, 9.17) is 23.2 Å². The maximum absolute atomic E-state index is 6.05. The number of rotatable bonds is 4. The molecule has 0 bridgehead atoms. The lowest BCUT2D eigenvalue weighted by Crippen LogP contribution is -2.13. The molecule has 0 aliphatic heterocycles. The molecule has 5 heteroatoms. The summed E-state index contributed by atoms with van der Waals surface area (Å²) in [6, 6.07) is 7.43. The van der Waals surface area contributed by atoms with Crippen molar-refractivity contribution in [3.63, 3.8) is 0 Å². The summed E-state index contributed by atoms with van der Waals surface area (Å²) in [5, 5.41) is 11.4. The molecule has 16 heavy (non-hydrogen) atoms. The smallest absolute Gasteiger partial charge is 0.0490 e. The number of hydrogen-bond donors (Lipinski definition) is 2. The van der Waals surface area contributed by atoms with Gasteiger partial charge in [0.2, 0.25) is 0 Å². The summed E-state index contributed by atoms with van der Waals surface area (Å²) in [4.78, 5) is 0. The fraction of sp³-hybridized carbons (Fsp3) is 0.182. The zero-order valence-corrected chi connectivity index (χ0v) is 10.0. The second-order valence-electron chi connectivity index (χ2n) is 3.42. The number of halogens is 2. The van der Waals surface area contributed by atoms with Gasteiger partial charge in [-0.2, -0.15) is 5.10 Å². The molecule has 0 atom stereocenters. The van der Waals surface area contributed by atoms with Crippen LogP contribution in [0.4, 0.5) is 0 Å². The van der Waals surface area contributed by atoms with Crippen LogP contribution in [0.3, 0.4) is 0 Å². The molecule has 0 radical (unpaired) electrons. The third-order valence-electron chi connectivity index (χ3n) is 2.20. The van der Waals surface area contributed by atoms with Crippen molar-refractivity contribution in [1.29, 1.82) is 0 Å². The van der Waals surface area contributed by atoms with E-state index in [9.17, 15) is 0 Å². The van der Waals surface area contributed by atoms with Crippen molar-refractivity contribution in [2.75, 3.05) is 0 Å². The van der Waals surface area contributed by atoms with Crippen LogP contribution in [-0.4, -0.2) is 10.2 Å². The lowest BCUT2D eigenvalue weighted by atomic mass is 10.2. The monoisotopic (exact) mass is 255 g/mol. The van der Waals surface area contributed by atoms with E-state index in [1.165, 1.54) is 0 Å². The van der Waals surface area contributed by atoms with Gasteiger partial charge in [-0.15, -0.1) is 0 Å². The Morgan fingerprint density at radius 3 is 2.75 bits per heavy atom. The van der Waals surface area contributed by atoms with Crippen molar-refractivity contribution < 1.29 is 0 Å². The molecule has 1 aromatic carbocycles. The molecule has 1 heterocycles. The van der Waals surface area contributed by atoms with Crippen LogP contribution in [0.25, 0.3) is 0 Å². The van der Waals surface area contributed by atoms with Gasteiger partial charge in [0.15, 0.2) is 0 Å². The van der Waals surface area contributed by atoms with Gasteiger partial charge in [0, 0.05) is 35.0 Å². The Morgan fingerprint density at radius 1 is 1.19 bits per heavy atom. The predicted molar refractivity (Wildman–Crippen MR) is 65.6 cm³/mol. The molecule has 2 rings (SSSR count). The van der Waals surface area contributed by atoms with Crippen LogP contribution in [0, 0.1) is 0 Å². The van der Waals surface area contributed by atoms with Crippen molar-refractivity contribution in [3.05, 3.63) is 51.8 Å². The molecule has 0 aliphatic carbocycles. The highest BCUT2D eigenvalue weighted by Gasteiger charge is 2.01. The van der Waals surface area contributed by atoms with E-state index >= 15 is 0 Å². The lowest BCUT2D eigenvalue weighted by Gasteiger charge is -2.05. The number of aromatic nitrogens is 2. The van der Waals surface area contributed by atoms with Gasteiger partial charge >= 0.3 is 0 Å². The number of aromatic amines is 1. The highest BCUT2D eigenvalue weighted by Crippen LogP contribution is 2.20. The maximum Gasteiger partial charge on any atom is 0.0490 e. The van der Waals surface area contributed by atoms with Crippen LogP contribution < -0.4 is 5.32 Å². The fourth-order valence-electron chi connectivity index (χ4n) is 1.38. The molecule has 2 N–H and O–H groups in total. The highest BCUT2D eigenvalue weighted by molar-refractivity contribution is 6.35. The molecule has 0 saturated carbocycles. The van der Waals surface area contributed by atoms with Crippen molar-refractivity contribution >= 4 is 23.2 Å². The van der Waals surface area contributed by atoms with Gasteiger partial charge in [-0.3, -0.25) is 5.10 Å². The molecule has 84 valence electrons. The zero-order chi connectivity index (χ0) is 11.4. The molecule has 0 amide bonds. The number of nitrogens with one attached hydrogen (secondary N) is 2. The van der Waals surface area contributed by atoms with Gasteiger partial charge in [-0.05, 0) is 23.8 Å². The SMILES string of the molecule is Clc1ccc(CNCc2ccn[nH]2)c(Cl)c1. The van der Waals surface area contributed by atoms with Gasteiger partial charge in [-0.25, -0.2) is 0 Å². The van der Waals surface area contributed by atoms with Gasteiger partial charge in [0.1, 0.15) is 0 Å². The number of benzene rings is 1. The minimum absolute atomic E-state index is 0.655. The van der Waals surface area contributed by atoms with Gasteiger partial charge in [-0.1, -0.05) is 29.3 Å². The second-order valence-corrected chi connectivity index (χ2v) is 4.26. The summed E-state index contributed by atoms with van der Waals surface area (Å²) < 4.78 is 0. The van der Waals surface area contributed by atoms with Crippen LogP contribution in [0.1, 0.15) is 11.3 Å². The molecule has 0 saturated heterocycles. The zero-order valence-electron chi connectivity index (χ0n) is 8.50. The number of nitrogens with zero attached hydrogens (tertiary/aromatic N) is 1. The number of hydrogen-bond acceptors (Lipinski definition) is 2. The van der Waals surface area contributed by atoms with Gasteiger partial charge in [0.25, 0.3) is 0 Å². The Hall–Kier alpha value is -1.03. The highest BCUT2D eigenvalue weighted by atomic mass is 35.5. The summed E-state index contributed by atoms with van der Waals surface area (Å²) in [7, 11) is 0. The molecule has 0 spiro atoms. The first kappa shape index (κ1) is 11.5. The second kappa shape index (κ2) is 5.34. The van der Waals surface area contributed by atoms with E-state index in [1.807, 2.05) is 18.2 Å². The van der Waals surface area contributed by atoms with E-state index in [0.29, 0.717) is 16.6 Å². The van der Waals surface area contributed by atoms with E-state index in [2.05, 4.69) is 15.5 Å². The van der Waals surface area contributed by atoms with Crippen LogP contribution in [0.2, 0.25) is 10.0 Å². The lowest BCUT2D eigenvalue weighted by molar-refractivity contribution is 0.677. The average Bonchev–Trinajstić information content (AvgIpc) is 2.74. The molecular formula is C11H11Cl2N3. The molecule has 0 fully saturated rings. The molecule has 0 unspecified atom stereocenters. The quantitative estimate of drug-likeness (QED) is 0.882. The topological polar surface area (TPSA) is 40.7 Å². The van der Waals surface area contributed by atoms with Crippen molar-refractivity contribution in [2.45, 2.75) is 13.1 Å². The fourth-order valence-corrected chi connectivity index (χ4v) is 1.86. The van der Waals surface area contributed by atoms with Crippen LogP contribution in [0.5, 0.6) is 0 Å². The van der Waals surface area contributed by atoms with Crippen molar-refractivity contribution in [2.24, 2.45) is 0 Å². The molecule has 3 nitrogen and oxygen atoms in total. The predicted octanol–water partition coefficient (Wildman–Crippen LogP) is 3.01. The van der Waals surface area contributed by atoms with Crippen molar-refractivity contribution in [3.8, 4) is 0 Å². The normalized spacial score (nSPS) is 10.6. The van der Waals surface area contributed by atoms with Gasteiger partial charge in [0.05, 0.1) is 0 Å². The first-order chi connectivity index (χ1) is 7.75. The Bertz CT molecular complexity index is 454. The van der Waals surface area contributed by atoms with E-state index in [0.717, 1.165) is 17.8 Å². The van der Waals surface area contributed by atoms with Crippen LogP contribution in [0.15, 0.2) is 30.5 Å². The van der Waals surface area contributed by atoms with Gasteiger partial charge < -0.3 is 5.32 Å². The molecule has 0 aliphatic rings. The molecule has 1 aromatic heterocycles. The minimum Gasteiger partial charge on any atom is -0.307 e. The maximum atomic E-state index is 6.05. The van der Waals surface area contributed by atoms with E-state index < -0.39 is 0 Å². The third kappa shape index (κ3) is 2.98. The standard InChI is InChI=1S/C11H11Cl2N3/c12-9-2-1-8(11(13)5-9)6-14-7-10-3-4-15-16-10/h1-5,14H,6-7H2,(H,15,16). The number of H-pyrrole nitrogens is 1. The Morgan fingerprint density at radius 2 is 2.06 bits per heavy atom. The largest absolute Gasteiger partial charge is 0.307 e. The first-order valence-corrected chi connectivity index (χ1v) is 5.64. The van der Waals surface area contributed by atoms with E-state index in [-0.39, 0.29) is 0 Å². The van der Waals surface area contributed by atoms with Crippen LogP contribution >= 0.6 is 23.2 Å². The van der Waals surface area contributed by atoms with E-state index in [1.54, 1.807) is 12.3 Å². The summed E-state index contributed by atoms with van der Waals surface area (Å²) in [5.41, 5.74) is 2.08.